The van der Waals surface area contributed by atoms with Crippen molar-refractivity contribution in [2.75, 3.05) is 7.05 Å². The molecule has 4 aromatic rings. The molecule has 3 aromatic carbocycles. The summed E-state index contributed by atoms with van der Waals surface area (Å²) >= 11 is 0. The monoisotopic (exact) mass is 570 g/mol. The van der Waals surface area contributed by atoms with E-state index in [1.807, 2.05) is 60.7 Å². The van der Waals surface area contributed by atoms with E-state index < -0.39 is 29.4 Å². The normalized spacial score (nSPS) is 13.3. The van der Waals surface area contributed by atoms with Crippen LogP contribution in [0.25, 0.3) is 0 Å². The molecule has 0 atom stereocenters. The first kappa shape index (κ1) is 27.4. The minimum atomic E-state index is -0.678. The van der Waals surface area contributed by atoms with Crippen molar-refractivity contribution in [1.82, 2.24) is 14.0 Å². The Bertz CT molecular complexity index is 1690. The molecule has 0 aliphatic carbocycles. The third-order valence-corrected chi connectivity index (χ3v) is 6.49. The van der Waals surface area contributed by atoms with E-state index in [0.717, 1.165) is 15.7 Å². The fraction of sp³-hybridized carbons (Fsp3) is 0.143. The van der Waals surface area contributed by atoms with Gasteiger partial charge in [0, 0.05) is 21.1 Å². The van der Waals surface area contributed by atoms with Crippen molar-refractivity contribution in [1.29, 1.82) is 0 Å². The summed E-state index contributed by atoms with van der Waals surface area (Å²) in [5.74, 6) is -1.66. The molecule has 0 N–H and O–H groups in total. The quantitative estimate of drug-likeness (QED) is 0.208. The van der Waals surface area contributed by atoms with Crippen molar-refractivity contribution in [3.05, 3.63) is 117 Å². The molecule has 11 heteroatoms. The van der Waals surface area contributed by atoms with Gasteiger partial charge in [0.05, 0.1) is 22.9 Å². The molecule has 199 valence electrons. The molecule has 1 aliphatic heterocycles. The summed E-state index contributed by atoms with van der Waals surface area (Å²) in [5, 5.41) is 21.0. The largest absolute Gasteiger partial charge is 2.00 e. The summed E-state index contributed by atoms with van der Waals surface area (Å²) in [7, 11) is 4.23. The zero-order valence-electron chi connectivity index (χ0n) is 21.2. The third kappa shape index (κ3) is 4.62. The van der Waals surface area contributed by atoms with Gasteiger partial charge in [-0.1, -0.05) is 66.7 Å². The minimum absolute atomic E-state index is 0. The molecule has 39 heavy (non-hydrogen) atoms. The molecule has 2 heterocycles. The molecule has 1 aliphatic rings. The predicted octanol–water partition coefficient (Wildman–Crippen LogP) is 3.13. The van der Waals surface area contributed by atoms with Crippen LogP contribution in [0.2, 0.25) is 0 Å². The maximum absolute atomic E-state index is 13.8. The number of amides is 2. The van der Waals surface area contributed by atoms with Crippen LogP contribution >= 0.6 is 0 Å². The van der Waals surface area contributed by atoms with Crippen molar-refractivity contribution in [3.8, 4) is 5.88 Å². The number of carbonyl (C=O) groups excluding carboxylic acids is 2. The topological polar surface area (TPSA) is 124 Å². The molecule has 0 saturated heterocycles. The van der Waals surface area contributed by atoms with Gasteiger partial charge in [0.25, 0.3) is 11.8 Å². The van der Waals surface area contributed by atoms with Gasteiger partial charge in [0.2, 0.25) is 0 Å². The summed E-state index contributed by atoms with van der Waals surface area (Å²) in [5.41, 5.74) is 1.30. The van der Waals surface area contributed by atoms with Gasteiger partial charge in [0.15, 0.2) is 5.49 Å². The first-order chi connectivity index (χ1) is 18.3. The number of carbonyl (C=O) groups is 2. The summed E-state index contributed by atoms with van der Waals surface area (Å²) in [6.45, 7) is 0. The second kappa shape index (κ2) is 11.0. The van der Waals surface area contributed by atoms with Gasteiger partial charge < -0.3 is 9.67 Å². The van der Waals surface area contributed by atoms with Crippen molar-refractivity contribution in [2.45, 2.75) is 6.04 Å². The van der Waals surface area contributed by atoms with Crippen LogP contribution in [-0.2, 0) is 31.2 Å². The Balaban J connectivity index is 0.00000353. The molecule has 0 unspecified atom stereocenters. The number of rotatable bonds is 5. The standard InChI is InChI=1S/C28H24N6O4.Cu/c1-29-24-22(27(37)33(3)28(38)32(24)2)31-30-20-16-10-15-19-21(20)26(36)34(25(19)35)23(17-11-6-4-7-12-17)18-13-8-5-9-14-18;/h4-16,23,37H,1-3H3;/q;+2/p-1. The van der Waals surface area contributed by atoms with Crippen molar-refractivity contribution >= 4 is 23.2 Å². The van der Waals surface area contributed by atoms with Gasteiger partial charge in [-0.15, -0.1) is 10.2 Å². The van der Waals surface area contributed by atoms with Crippen LogP contribution in [0, 0.1) is 0 Å². The molecule has 5 rings (SSSR count). The molecular weight excluding hydrogens is 548 g/mol. The first-order valence-corrected chi connectivity index (χ1v) is 11.8. The van der Waals surface area contributed by atoms with Gasteiger partial charge in [-0.25, -0.2) is 4.79 Å². The van der Waals surface area contributed by atoms with Gasteiger partial charge in [-0.3, -0.25) is 24.0 Å². The van der Waals surface area contributed by atoms with Crippen LogP contribution in [0.5, 0.6) is 5.88 Å². The second-order valence-corrected chi connectivity index (χ2v) is 8.71. The molecule has 0 fully saturated rings. The number of nitrogens with zero attached hydrogens (tertiary/aromatic N) is 6. The van der Waals surface area contributed by atoms with E-state index in [4.69, 9.17) is 0 Å². The van der Waals surface area contributed by atoms with Crippen molar-refractivity contribution in [3.63, 3.8) is 0 Å². The van der Waals surface area contributed by atoms with Crippen LogP contribution in [-0.4, -0.2) is 32.9 Å². The Morgan fingerprint density at radius 3 is 1.90 bits per heavy atom. The Kier molecular flexibility index (Phi) is 7.75. The van der Waals surface area contributed by atoms with Crippen molar-refractivity contribution < 1.29 is 31.8 Å². The van der Waals surface area contributed by atoms with Crippen LogP contribution in [0.3, 0.4) is 0 Å². The smallest absolute Gasteiger partial charge is 0.858 e. The average molecular weight is 571 g/mol. The number of aromatic nitrogens is 2. The molecule has 0 saturated carbocycles. The number of benzene rings is 3. The number of azo groups is 1. The van der Waals surface area contributed by atoms with Crippen LogP contribution in [0.1, 0.15) is 37.9 Å². The summed E-state index contributed by atoms with van der Waals surface area (Å²) in [4.78, 5) is 45.0. The second-order valence-electron chi connectivity index (χ2n) is 8.71. The van der Waals surface area contributed by atoms with Crippen molar-refractivity contribution in [2.24, 2.45) is 29.3 Å². The van der Waals surface area contributed by atoms with Gasteiger partial charge in [-0.2, -0.15) is 0 Å². The van der Waals surface area contributed by atoms with Crippen LogP contribution < -0.4 is 16.3 Å². The van der Waals surface area contributed by atoms with E-state index in [0.29, 0.717) is 0 Å². The Labute approximate surface area is 234 Å². The molecule has 0 spiro atoms. The molecule has 10 nitrogen and oxygen atoms in total. The van der Waals surface area contributed by atoms with Gasteiger partial charge >= 0.3 is 22.8 Å². The zero-order chi connectivity index (χ0) is 27.0. The zero-order valence-corrected chi connectivity index (χ0v) is 22.1. The summed E-state index contributed by atoms with van der Waals surface area (Å²) in [6, 6.07) is 22.7. The van der Waals surface area contributed by atoms with E-state index >= 15 is 0 Å². The Morgan fingerprint density at radius 1 is 0.744 bits per heavy atom. The van der Waals surface area contributed by atoms with E-state index in [2.05, 4.69) is 15.2 Å². The summed E-state index contributed by atoms with van der Waals surface area (Å²) < 4.78 is 2.09. The fourth-order valence-corrected chi connectivity index (χ4v) is 4.63. The Morgan fingerprint density at radius 2 is 1.33 bits per heavy atom. The molecule has 0 bridgehead atoms. The van der Waals surface area contributed by atoms with E-state index in [1.165, 1.54) is 30.6 Å². The molecule has 2 amide bonds. The first-order valence-electron chi connectivity index (χ1n) is 11.8. The average Bonchev–Trinajstić information content (AvgIpc) is 3.20. The van der Waals surface area contributed by atoms with Gasteiger partial charge in [0.1, 0.15) is 5.69 Å². The number of imide groups is 1. The third-order valence-electron chi connectivity index (χ3n) is 6.49. The van der Waals surface area contributed by atoms with Crippen LogP contribution in [0.15, 0.2) is 98.9 Å². The maximum atomic E-state index is 13.8. The molecular formula is C28H23CuN6O4+. The van der Waals surface area contributed by atoms with E-state index in [-0.39, 0.29) is 45.1 Å². The van der Waals surface area contributed by atoms with Gasteiger partial charge in [-0.05, 0) is 29.1 Å². The summed E-state index contributed by atoms with van der Waals surface area (Å²) in [6.07, 6.45) is 0. The number of hydrogen-bond donors (Lipinski definition) is 0. The SMILES string of the molecule is CN=c1c(N=Nc2cccc3c2C(=O)N(C(c2ccccc2)c2ccccc2)C3=O)c([O-])n(C)c(=O)n1C.[Cu+2]. The van der Waals surface area contributed by atoms with E-state index in [9.17, 15) is 19.5 Å². The maximum Gasteiger partial charge on any atom is 2.00 e. The van der Waals surface area contributed by atoms with E-state index in [1.54, 1.807) is 18.2 Å². The molecule has 1 radical (unpaired) electrons. The van der Waals surface area contributed by atoms with Crippen LogP contribution in [0.4, 0.5) is 11.4 Å². The fourth-order valence-electron chi connectivity index (χ4n) is 4.63. The Hall–Kier alpha value is -4.60. The number of hydrogen-bond acceptors (Lipinski definition) is 7. The predicted molar refractivity (Wildman–Crippen MR) is 137 cm³/mol. The minimum Gasteiger partial charge on any atom is -0.858 e. The number of fused-ring (bicyclic) bond motifs is 1. The molecule has 1 aromatic heterocycles.